The van der Waals surface area contributed by atoms with Gasteiger partial charge in [0.15, 0.2) is 8.32 Å². The van der Waals surface area contributed by atoms with Gasteiger partial charge in [-0.15, -0.1) is 0 Å². The third-order valence-corrected chi connectivity index (χ3v) is 15.9. The van der Waals surface area contributed by atoms with E-state index < -0.39 is 14.3 Å². The number of unbranched alkanes of at least 4 members (excludes halogenated alkanes) is 19. The number of esters is 2. The predicted octanol–water partition coefficient (Wildman–Crippen LogP) is 12.4. The molecule has 0 aromatic heterocycles. The lowest BCUT2D eigenvalue weighted by atomic mass is 9.86. The Morgan fingerprint density at radius 1 is 0.722 bits per heavy atom. The number of rotatable bonds is 35. The van der Waals surface area contributed by atoms with Gasteiger partial charge >= 0.3 is 11.9 Å². The zero-order valence-electron chi connectivity index (χ0n) is 36.6. The Kier molecular flexibility index (Phi) is 32.3. The van der Waals surface area contributed by atoms with E-state index in [2.05, 4.69) is 60.0 Å². The minimum Gasteiger partial charge on any atom is -0.461 e. The molecular formula is C45H87NO7Si. The van der Waals surface area contributed by atoms with Crippen LogP contribution in [0.25, 0.3) is 0 Å². The van der Waals surface area contributed by atoms with E-state index in [0.717, 1.165) is 51.2 Å². The Labute approximate surface area is 334 Å². The molecule has 0 radical (unpaired) electrons. The molecule has 1 unspecified atom stereocenters. The highest BCUT2D eigenvalue weighted by Gasteiger charge is 2.43. The van der Waals surface area contributed by atoms with Gasteiger partial charge in [-0.25, -0.2) is 0 Å². The van der Waals surface area contributed by atoms with Gasteiger partial charge in [-0.3, -0.25) is 14.4 Å². The number of amides is 1. The van der Waals surface area contributed by atoms with Gasteiger partial charge in [0.05, 0.1) is 12.0 Å². The predicted molar refractivity (Wildman–Crippen MR) is 227 cm³/mol. The maximum absolute atomic E-state index is 12.0. The summed E-state index contributed by atoms with van der Waals surface area (Å²) in [6, 6.07) is 0. The van der Waals surface area contributed by atoms with E-state index >= 15 is 0 Å². The van der Waals surface area contributed by atoms with Crippen molar-refractivity contribution in [1.82, 2.24) is 5.32 Å². The minimum absolute atomic E-state index is 0.0609. The van der Waals surface area contributed by atoms with E-state index in [4.69, 9.17) is 13.9 Å². The number of cyclic esters (lactones) is 1. The number of hydrogen-bond donors (Lipinski definition) is 1. The smallest absolute Gasteiger partial charge is 0.325 e. The van der Waals surface area contributed by atoms with E-state index in [0.29, 0.717) is 19.3 Å². The SMILES string of the molecule is CCCCCCCCCCC[C@H](CC1OC(=O)[C@@H]1CCCCCC)OC(=O)CNC=O.CCCCCCCCCCC[C@H](CC=O)O[Si](C)(C)C(C)(C)C. The molecule has 318 valence electrons. The molecule has 54 heavy (non-hydrogen) atoms. The Bertz CT molecular complexity index is 937. The molecule has 0 aromatic rings. The van der Waals surface area contributed by atoms with E-state index in [1.165, 1.54) is 116 Å². The minimum atomic E-state index is -1.76. The average molecular weight is 782 g/mol. The number of carbonyl (C=O) groups excluding carboxylic acids is 4. The summed E-state index contributed by atoms with van der Waals surface area (Å²) in [7, 11) is -1.76. The Hall–Kier alpha value is -1.74. The molecule has 1 aliphatic rings. The van der Waals surface area contributed by atoms with Crippen molar-refractivity contribution in [2.24, 2.45) is 5.92 Å². The van der Waals surface area contributed by atoms with Crippen LogP contribution in [-0.4, -0.2) is 57.8 Å². The molecule has 4 atom stereocenters. The normalized spacial score (nSPS) is 16.7. The first-order chi connectivity index (χ1) is 25.9. The first-order valence-corrected chi connectivity index (χ1v) is 25.5. The van der Waals surface area contributed by atoms with Crippen molar-refractivity contribution in [1.29, 1.82) is 0 Å². The number of ether oxygens (including phenoxy) is 2. The molecule has 9 heteroatoms. The lowest BCUT2D eigenvalue weighted by Crippen LogP contribution is -2.47. The highest BCUT2D eigenvalue weighted by Crippen LogP contribution is 2.38. The molecule has 1 fully saturated rings. The maximum atomic E-state index is 12.0. The Morgan fingerprint density at radius 3 is 1.59 bits per heavy atom. The quantitative estimate of drug-likeness (QED) is 0.0295. The lowest BCUT2D eigenvalue weighted by Gasteiger charge is -2.39. The van der Waals surface area contributed by atoms with E-state index in [9.17, 15) is 19.2 Å². The number of hydrogen-bond acceptors (Lipinski definition) is 7. The average Bonchev–Trinajstić information content (AvgIpc) is 3.12. The summed E-state index contributed by atoms with van der Waals surface area (Å²) in [4.78, 5) is 45.3. The molecule has 1 amide bonds. The van der Waals surface area contributed by atoms with Crippen LogP contribution in [0.1, 0.15) is 215 Å². The highest BCUT2D eigenvalue weighted by atomic mass is 28.4. The standard InChI is InChI=1S/C25H45NO5.C20H42O2Si/c1-3-5-7-9-10-11-12-13-14-16-21(30-24(28)19-26-20-27)18-23-22(25(29)31-23)17-15-8-6-4-2;1-7-8-9-10-11-12-13-14-15-16-19(17-18-21)22-23(5,6)20(2,3)4/h20-23H,3-19H2,1-2H3,(H,26,27);18-19H,7-17H2,1-6H3/t21-,22-,23?;19-/m11/s1. The molecule has 8 nitrogen and oxygen atoms in total. The summed E-state index contributed by atoms with van der Waals surface area (Å²) in [6.45, 7) is 17.9. The van der Waals surface area contributed by atoms with Crippen LogP contribution in [0, 0.1) is 5.92 Å². The van der Waals surface area contributed by atoms with E-state index in [-0.39, 0.29) is 41.8 Å². The number of carbonyl (C=O) groups is 4. The van der Waals surface area contributed by atoms with Crippen LogP contribution in [0.4, 0.5) is 0 Å². The van der Waals surface area contributed by atoms with Crippen molar-refractivity contribution in [2.45, 2.75) is 251 Å². The van der Waals surface area contributed by atoms with Gasteiger partial charge < -0.3 is 24.0 Å². The fraction of sp³-hybridized carbons (Fsp3) is 0.911. The fourth-order valence-corrected chi connectivity index (χ4v) is 8.23. The second kappa shape index (κ2) is 33.4. The molecule has 1 aliphatic heterocycles. The molecule has 0 aliphatic carbocycles. The van der Waals surface area contributed by atoms with Crippen molar-refractivity contribution in [3.8, 4) is 0 Å². The van der Waals surface area contributed by atoms with Crippen molar-refractivity contribution >= 4 is 33.0 Å². The van der Waals surface area contributed by atoms with Gasteiger partial charge in [-0.2, -0.15) is 0 Å². The Balaban J connectivity index is 0.00000109. The molecule has 0 spiro atoms. The zero-order chi connectivity index (χ0) is 40.5. The van der Waals surface area contributed by atoms with Crippen LogP contribution in [0.15, 0.2) is 0 Å². The van der Waals surface area contributed by atoms with Crippen LogP contribution >= 0.6 is 0 Å². The van der Waals surface area contributed by atoms with Gasteiger partial charge in [0, 0.05) is 12.8 Å². The summed E-state index contributed by atoms with van der Waals surface area (Å²) in [5, 5.41) is 2.57. The Morgan fingerprint density at radius 2 is 1.17 bits per heavy atom. The summed E-state index contributed by atoms with van der Waals surface area (Å²) in [5.41, 5.74) is 0. The molecule has 0 saturated carbocycles. The molecule has 0 bridgehead atoms. The lowest BCUT2D eigenvalue weighted by molar-refractivity contribution is -0.190. The topological polar surface area (TPSA) is 108 Å². The third kappa shape index (κ3) is 27.0. The molecule has 1 heterocycles. The third-order valence-electron chi connectivity index (χ3n) is 11.4. The van der Waals surface area contributed by atoms with Gasteiger partial charge in [0.25, 0.3) is 0 Å². The van der Waals surface area contributed by atoms with E-state index in [1.807, 2.05) is 0 Å². The van der Waals surface area contributed by atoms with E-state index in [1.54, 1.807) is 0 Å². The van der Waals surface area contributed by atoms with Crippen molar-refractivity contribution < 1.29 is 33.1 Å². The number of nitrogens with one attached hydrogen (secondary N) is 1. The first kappa shape index (κ1) is 52.3. The zero-order valence-corrected chi connectivity index (χ0v) is 37.6. The molecular weight excluding hydrogens is 695 g/mol. The maximum Gasteiger partial charge on any atom is 0.325 e. The molecule has 0 aromatic carbocycles. The van der Waals surface area contributed by atoms with Crippen molar-refractivity contribution in [3.63, 3.8) is 0 Å². The van der Waals surface area contributed by atoms with Gasteiger partial charge in [0.2, 0.25) is 6.41 Å². The van der Waals surface area contributed by atoms with Crippen LogP contribution < -0.4 is 5.32 Å². The second-order valence-corrected chi connectivity index (χ2v) is 22.2. The largest absolute Gasteiger partial charge is 0.461 e. The van der Waals surface area contributed by atoms with Crippen LogP contribution in [0.5, 0.6) is 0 Å². The summed E-state index contributed by atoms with van der Waals surface area (Å²) in [5.74, 6) is -0.607. The van der Waals surface area contributed by atoms with Crippen LogP contribution in [0.3, 0.4) is 0 Å². The van der Waals surface area contributed by atoms with Crippen molar-refractivity contribution in [3.05, 3.63) is 0 Å². The summed E-state index contributed by atoms with van der Waals surface area (Å²) < 4.78 is 17.4. The summed E-state index contributed by atoms with van der Waals surface area (Å²) in [6.07, 6.45) is 32.8. The molecule has 1 rings (SSSR count). The van der Waals surface area contributed by atoms with Gasteiger partial charge in [-0.05, 0) is 43.8 Å². The second-order valence-electron chi connectivity index (χ2n) is 17.4. The summed E-state index contributed by atoms with van der Waals surface area (Å²) >= 11 is 0. The van der Waals surface area contributed by atoms with Gasteiger partial charge in [0.1, 0.15) is 25.0 Å². The first-order valence-electron chi connectivity index (χ1n) is 22.5. The van der Waals surface area contributed by atoms with Gasteiger partial charge in [-0.1, -0.05) is 176 Å². The molecule has 1 N–H and O–H groups in total. The number of aldehydes is 1. The molecule has 1 saturated heterocycles. The monoisotopic (exact) mass is 782 g/mol. The highest BCUT2D eigenvalue weighted by molar-refractivity contribution is 6.74. The van der Waals surface area contributed by atoms with Crippen molar-refractivity contribution in [2.75, 3.05) is 6.54 Å². The van der Waals surface area contributed by atoms with Crippen LogP contribution in [-0.2, 0) is 33.1 Å². The fourth-order valence-electron chi connectivity index (χ4n) is 6.83. The van der Waals surface area contributed by atoms with Crippen LogP contribution in [0.2, 0.25) is 18.1 Å².